The van der Waals surface area contributed by atoms with Crippen LogP contribution in [0.25, 0.3) is 11.5 Å². The Hall–Kier alpha value is -3.00. The van der Waals surface area contributed by atoms with Crippen LogP contribution in [0.5, 0.6) is 0 Å². The first-order valence-electron chi connectivity index (χ1n) is 8.17. The second kappa shape index (κ2) is 7.49. The van der Waals surface area contributed by atoms with Crippen molar-refractivity contribution in [2.45, 2.75) is 20.4 Å². The van der Waals surface area contributed by atoms with Crippen LogP contribution in [0.3, 0.4) is 0 Å². The fraction of sp³-hybridized carbons (Fsp3) is 0.278. The Balaban J connectivity index is 1.56. The van der Waals surface area contributed by atoms with Crippen molar-refractivity contribution in [1.29, 1.82) is 0 Å². The van der Waals surface area contributed by atoms with Crippen molar-refractivity contribution in [3.8, 4) is 11.5 Å². The summed E-state index contributed by atoms with van der Waals surface area (Å²) in [6.07, 6.45) is 0. The summed E-state index contributed by atoms with van der Waals surface area (Å²) in [6, 6.07) is 7.47. The Kier molecular flexibility index (Phi) is 5.13. The molecule has 0 bridgehead atoms. The maximum absolute atomic E-state index is 12.9. The van der Waals surface area contributed by atoms with Crippen molar-refractivity contribution >= 4 is 11.6 Å². The molecule has 2 N–H and O–H groups in total. The summed E-state index contributed by atoms with van der Waals surface area (Å²) < 4.78 is 24.0. The number of likely N-dealkylation sites (N-methyl/N-ethyl adjacent to an activating group) is 1. The zero-order valence-electron chi connectivity index (χ0n) is 14.8. The van der Waals surface area contributed by atoms with Gasteiger partial charge in [-0.3, -0.25) is 4.79 Å². The monoisotopic (exact) mass is 359 g/mol. The number of furan rings is 1. The molecule has 0 radical (unpaired) electrons. The van der Waals surface area contributed by atoms with Crippen molar-refractivity contribution in [1.82, 2.24) is 10.2 Å². The molecule has 0 aliphatic heterocycles. The predicted molar refractivity (Wildman–Crippen MR) is 92.0 cm³/mol. The maximum atomic E-state index is 12.9. The maximum Gasteiger partial charge on any atom is 0.279 e. The van der Waals surface area contributed by atoms with Crippen LogP contribution in [0.2, 0.25) is 0 Å². The van der Waals surface area contributed by atoms with E-state index in [4.69, 9.17) is 8.83 Å². The molecular weight excluding hydrogens is 339 g/mol. The van der Waals surface area contributed by atoms with Crippen LogP contribution in [-0.2, 0) is 11.3 Å². The van der Waals surface area contributed by atoms with Gasteiger partial charge in [-0.05, 0) is 44.2 Å². The van der Waals surface area contributed by atoms with Gasteiger partial charge in [0.2, 0.25) is 0 Å². The summed E-state index contributed by atoms with van der Waals surface area (Å²) in [5, 5.41) is 10.8. The minimum absolute atomic E-state index is 0.185. The highest BCUT2D eigenvalue weighted by atomic mass is 19.1. The third kappa shape index (κ3) is 4.34. The Bertz CT molecular complexity index is 902. The average Bonchev–Trinajstić information content (AvgIpc) is 3.15. The molecule has 136 valence electrons. The summed E-state index contributed by atoms with van der Waals surface area (Å²) in [5.74, 6) is 1.80. The normalized spacial score (nSPS) is 12.2. The van der Waals surface area contributed by atoms with Crippen molar-refractivity contribution in [3.63, 3.8) is 0 Å². The molecule has 0 saturated carbocycles. The van der Waals surface area contributed by atoms with Crippen LogP contribution >= 0.6 is 0 Å². The van der Waals surface area contributed by atoms with E-state index in [1.54, 1.807) is 0 Å². The highest BCUT2D eigenvalue weighted by Crippen LogP contribution is 2.25. The summed E-state index contributed by atoms with van der Waals surface area (Å²) in [4.78, 5) is 12.9. The number of carbonyl (C=O) groups excluding carboxylic acids is 1. The molecule has 0 aliphatic carbocycles. The van der Waals surface area contributed by atoms with E-state index in [0.717, 1.165) is 22.0 Å². The predicted octanol–water partition coefficient (Wildman–Crippen LogP) is 1.74. The molecule has 7 nitrogen and oxygen atoms in total. The number of nitrogens with zero attached hydrogens (tertiary/aromatic N) is 2. The van der Waals surface area contributed by atoms with Crippen LogP contribution in [0.15, 0.2) is 39.2 Å². The van der Waals surface area contributed by atoms with Gasteiger partial charge in [0.1, 0.15) is 17.3 Å². The zero-order valence-corrected chi connectivity index (χ0v) is 14.8. The first-order chi connectivity index (χ1) is 12.4. The van der Waals surface area contributed by atoms with E-state index in [0.29, 0.717) is 24.0 Å². The third-order valence-electron chi connectivity index (χ3n) is 3.78. The van der Waals surface area contributed by atoms with E-state index in [-0.39, 0.29) is 18.3 Å². The lowest BCUT2D eigenvalue weighted by molar-refractivity contribution is -0.886. The van der Waals surface area contributed by atoms with Crippen molar-refractivity contribution in [2.24, 2.45) is 0 Å². The van der Waals surface area contributed by atoms with Crippen molar-refractivity contribution in [2.75, 3.05) is 18.9 Å². The number of carbonyl (C=O) groups is 1. The lowest BCUT2D eigenvalue weighted by Gasteiger charge is -2.11. The topological polar surface area (TPSA) is 85.6 Å². The number of aryl methyl sites for hydroxylation is 2. The van der Waals surface area contributed by atoms with Crippen molar-refractivity contribution in [3.05, 3.63) is 53.6 Å². The van der Waals surface area contributed by atoms with E-state index in [2.05, 4.69) is 15.5 Å². The first-order valence-corrected chi connectivity index (χ1v) is 8.17. The molecule has 0 aliphatic rings. The number of rotatable bonds is 6. The van der Waals surface area contributed by atoms with Gasteiger partial charge in [0, 0.05) is 5.69 Å². The van der Waals surface area contributed by atoms with E-state index >= 15 is 0 Å². The highest BCUT2D eigenvalue weighted by molar-refractivity contribution is 5.91. The van der Waals surface area contributed by atoms with Gasteiger partial charge in [-0.2, -0.15) is 0 Å². The quantitative estimate of drug-likeness (QED) is 0.700. The summed E-state index contributed by atoms with van der Waals surface area (Å²) in [6.45, 7) is 4.30. The Morgan fingerprint density at radius 3 is 2.58 bits per heavy atom. The van der Waals surface area contributed by atoms with E-state index in [1.165, 1.54) is 24.3 Å². The molecule has 1 atom stereocenters. The molecule has 2 heterocycles. The summed E-state index contributed by atoms with van der Waals surface area (Å²) in [7, 11) is 1.85. The van der Waals surface area contributed by atoms with Crippen LogP contribution in [0.1, 0.15) is 17.4 Å². The number of amides is 1. The molecule has 1 amide bonds. The van der Waals surface area contributed by atoms with E-state index < -0.39 is 0 Å². The lowest BCUT2D eigenvalue weighted by Crippen LogP contribution is -3.08. The van der Waals surface area contributed by atoms with Gasteiger partial charge in [-0.25, -0.2) is 4.39 Å². The Morgan fingerprint density at radius 2 is 1.92 bits per heavy atom. The summed E-state index contributed by atoms with van der Waals surface area (Å²) in [5.41, 5.74) is 1.32. The van der Waals surface area contributed by atoms with Gasteiger partial charge in [-0.15, -0.1) is 10.2 Å². The molecule has 1 aromatic carbocycles. The van der Waals surface area contributed by atoms with Gasteiger partial charge in [0.25, 0.3) is 17.7 Å². The number of aromatic nitrogens is 2. The molecule has 26 heavy (non-hydrogen) atoms. The smallest absolute Gasteiger partial charge is 0.279 e. The van der Waals surface area contributed by atoms with Gasteiger partial charge in [-0.1, -0.05) is 0 Å². The fourth-order valence-electron chi connectivity index (χ4n) is 2.61. The van der Waals surface area contributed by atoms with Crippen LogP contribution in [0, 0.1) is 19.7 Å². The first kappa shape index (κ1) is 17.8. The SMILES string of the molecule is Cc1cc(-c2nnc(C[NH+](C)CC(=O)Nc3ccc(F)cc3)o2)c(C)o1. The molecule has 1 unspecified atom stereocenters. The number of nitrogens with one attached hydrogen (secondary N) is 2. The van der Waals surface area contributed by atoms with Gasteiger partial charge in [0.15, 0.2) is 13.1 Å². The van der Waals surface area contributed by atoms with Gasteiger partial charge < -0.3 is 19.1 Å². The third-order valence-corrected chi connectivity index (χ3v) is 3.78. The Labute approximate surface area is 149 Å². The molecular formula is C18H20FN4O3+. The average molecular weight is 359 g/mol. The number of halogens is 1. The number of benzene rings is 1. The van der Waals surface area contributed by atoms with E-state index in [1.807, 2.05) is 27.0 Å². The highest BCUT2D eigenvalue weighted by Gasteiger charge is 2.18. The number of hydrogen-bond donors (Lipinski definition) is 2. The van der Waals surface area contributed by atoms with Crippen LogP contribution in [-0.4, -0.2) is 29.7 Å². The second-order valence-electron chi connectivity index (χ2n) is 6.19. The fourth-order valence-corrected chi connectivity index (χ4v) is 2.61. The molecule has 0 fully saturated rings. The number of hydrogen-bond acceptors (Lipinski definition) is 5. The minimum atomic E-state index is -0.346. The van der Waals surface area contributed by atoms with Crippen LogP contribution in [0.4, 0.5) is 10.1 Å². The largest absolute Gasteiger partial charge is 0.466 e. The molecule has 2 aromatic heterocycles. The molecule has 0 spiro atoms. The molecule has 8 heteroatoms. The molecule has 3 rings (SSSR count). The lowest BCUT2D eigenvalue weighted by atomic mass is 10.2. The standard InChI is InChI=1S/C18H19FN4O3/c1-11-8-15(12(2)25-11)18-22-21-17(26-18)10-23(3)9-16(24)20-14-6-4-13(19)5-7-14/h4-8H,9-10H2,1-3H3,(H,20,24)/p+1. The van der Waals surface area contributed by atoms with Crippen molar-refractivity contribution < 1.29 is 22.9 Å². The van der Waals surface area contributed by atoms with Crippen LogP contribution < -0.4 is 10.2 Å². The zero-order chi connectivity index (χ0) is 18.7. The minimum Gasteiger partial charge on any atom is -0.466 e. The Morgan fingerprint density at radius 1 is 1.19 bits per heavy atom. The van der Waals surface area contributed by atoms with Gasteiger partial charge in [0.05, 0.1) is 12.6 Å². The van der Waals surface area contributed by atoms with Gasteiger partial charge >= 0.3 is 0 Å². The number of anilines is 1. The second-order valence-corrected chi connectivity index (χ2v) is 6.19. The number of quaternary nitrogens is 1. The molecule has 0 saturated heterocycles. The summed E-state index contributed by atoms with van der Waals surface area (Å²) >= 11 is 0. The van der Waals surface area contributed by atoms with E-state index in [9.17, 15) is 9.18 Å². The molecule has 3 aromatic rings.